The molecule has 5 rings (SSSR count). The molecule has 2 bridgehead atoms. The minimum atomic E-state index is -0.104. The average molecular weight is 311 g/mol. The Morgan fingerprint density at radius 2 is 2.09 bits per heavy atom. The van der Waals surface area contributed by atoms with Crippen LogP contribution in [0.15, 0.2) is 30.3 Å². The Morgan fingerprint density at radius 3 is 2.78 bits per heavy atom. The van der Waals surface area contributed by atoms with Crippen molar-refractivity contribution in [2.24, 2.45) is 5.92 Å². The first-order chi connectivity index (χ1) is 11.2. The summed E-state index contributed by atoms with van der Waals surface area (Å²) in [5, 5.41) is 4.11. The molecule has 1 aromatic heterocycles. The Balaban J connectivity index is 1.59. The van der Waals surface area contributed by atoms with Crippen LogP contribution < -0.4 is 10.1 Å². The third kappa shape index (κ3) is 2.65. The molecule has 23 heavy (non-hydrogen) atoms. The van der Waals surface area contributed by atoms with Crippen molar-refractivity contribution in [3.8, 4) is 5.75 Å². The highest BCUT2D eigenvalue weighted by atomic mass is 16.5. The van der Waals surface area contributed by atoms with Crippen molar-refractivity contribution in [3.05, 3.63) is 36.0 Å². The van der Waals surface area contributed by atoms with Gasteiger partial charge in [-0.2, -0.15) is 0 Å². The van der Waals surface area contributed by atoms with Crippen LogP contribution in [0.2, 0.25) is 0 Å². The molecule has 1 N–H and O–H groups in total. The molecule has 3 aliphatic rings. The predicted molar refractivity (Wildman–Crippen MR) is 88.7 cm³/mol. The fourth-order valence-corrected chi connectivity index (χ4v) is 3.80. The van der Waals surface area contributed by atoms with E-state index in [1.165, 1.54) is 25.9 Å². The van der Waals surface area contributed by atoms with Gasteiger partial charge in [-0.15, -0.1) is 0 Å². The molecule has 0 spiro atoms. The van der Waals surface area contributed by atoms with E-state index in [0.717, 1.165) is 17.4 Å². The van der Waals surface area contributed by atoms with Crippen LogP contribution >= 0.6 is 0 Å². The van der Waals surface area contributed by atoms with Crippen molar-refractivity contribution >= 4 is 16.8 Å². The van der Waals surface area contributed by atoms with Crippen molar-refractivity contribution in [3.63, 3.8) is 0 Å². The van der Waals surface area contributed by atoms with Gasteiger partial charge in [0.1, 0.15) is 11.4 Å². The maximum Gasteiger partial charge on any atom is 0.270 e. The Hall–Kier alpha value is -2.14. The number of fused-ring (bicyclic) bond motifs is 4. The Bertz CT molecular complexity index is 738. The van der Waals surface area contributed by atoms with Gasteiger partial charge in [0.05, 0.1) is 12.6 Å². The zero-order chi connectivity index (χ0) is 15.8. The van der Waals surface area contributed by atoms with Crippen LogP contribution in [0.4, 0.5) is 0 Å². The molecule has 1 unspecified atom stereocenters. The number of piperidine rings is 3. The van der Waals surface area contributed by atoms with Gasteiger partial charge in [0.25, 0.3) is 5.91 Å². The van der Waals surface area contributed by atoms with Crippen LogP contribution in [-0.2, 0) is 0 Å². The number of nitrogens with one attached hydrogen (secondary N) is 1. The number of ether oxygens (including phenoxy) is 1. The first-order valence-electron chi connectivity index (χ1n) is 8.21. The summed E-state index contributed by atoms with van der Waals surface area (Å²) in [4.78, 5) is 19.6. The second kappa shape index (κ2) is 5.81. The van der Waals surface area contributed by atoms with Gasteiger partial charge in [-0.1, -0.05) is 12.1 Å². The number of methoxy groups -OCH3 is 1. The number of hydrogen-bond acceptors (Lipinski definition) is 4. The fraction of sp³-hybridized carbons (Fsp3) is 0.444. The number of carbonyl (C=O) groups is 1. The summed E-state index contributed by atoms with van der Waals surface area (Å²) >= 11 is 0. The summed E-state index contributed by atoms with van der Waals surface area (Å²) in [5.41, 5.74) is 1.21. The molecule has 1 atom stereocenters. The number of amides is 1. The van der Waals surface area contributed by atoms with Crippen molar-refractivity contribution < 1.29 is 9.53 Å². The summed E-state index contributed by atoms with van der Waals surface area (Å²) in [7, 11) is 1.62. The lowest BCUT2D eigenvalue weighted by molar-refractivity contribution is 0.0618. The monoisotopic (exact) mass is 311 g/mol. The first-order valence-corrected chi connectivity index (χ1v) is 8.21. The lowest BCUT2D eigenvalue weighted by Crippen LogP contribution is -2.57. The number of rotatable bonds is 3. The molecule has 5 heteroatoms. The Kier molecular flexibility index (Phi) is 3.65. The van der Waals surface area contributed by atoms with E-state index in [1.807, 2.05) is 24.3 Å². The molecule has 0 aliphatic carbocycles. The smallest absolute Gasteiger partial charge is 0.270 e. The average Bonchev–Trinajstić information content (AvgIpc) is 2.61. The van der Waals surface area contributed by atoms with E-state index in [9.17, 15) is 4.79 Å². The van der Waals surface area contributed by atoms with E-state index in [0.29, 0.717) is 17.4 Å². The third-order valence-electron chi connectivity index (χ3n) is 5.10. The quantitative estimate of drug-likeness (QED) is 0.943. The normalized spacial score (nSPS) is 26.2. The van der Waals surface area contributed by atoms with E-state index in [-0.39, 0.29) is 11.9 Å². The van der Waals surface area contributed by atoms with Crippen LogP contribution in [0.3, 0.4) is 0 Å². The minimum absolute atomic E-state index is 0.104. The van der Waals surface area contributed by atoms with Crippen molar-refractivity contribution in [2.45, 2.75) is 18.9 Å². The van der Waals surface area contributed by atoms with E-state index in [1.54, 1.807) is 13.2 Å². The van der Waals surface area contributed by atoms with Crippen LogP contribution in [0, 0.1) is 5.92 Å². The number of nitrogens with zero attached hydrogens (tertiary/aromatic N) is 2. The largest absolute Gasteiger partial charge is 0.496 e. The summed E-state index contributed by atoms with van der Waals surface area (Å²) in [6, 6.07) is 9.70. The van der Waals surface area contributed by atoms with Gasteiger partial charge in [-0.3, -0.25) is 4.79 Å². The van der Waals surface area contributed by atoms with Gasteiger partial charge in [-0.25, -0.2) is 4.98 Å². The zero-order valence-corrected chi connectivity index (χ0v) is 13.3. The van der Waals surface area contributed by atoms with Crippen LogP contribution in [0.5, 0.6) is 5.75 Å². The highest BCUT2D eigenvalue weighted by Crippen LogP contribution is 2.28. The van der Waals surface area contributed by atoms with Crippen LogP contribution in [-0.4, -0.2) is 48.6 Å². The summed E-state index contributed by atoms with van der Waals surface area (Å²) < 4.78 is 5.43. The molecule has 1 aromatic carbocycles. The van der Waals surface area contributed by atoms with Gasteiger partial charge in [0, 0.05) is 24.0 Å². The molecule has 1 amide bonds. The summed E-state index contributed by atoms with van der Waals surface area (Å²) in [6.07, 6.45) is 2.36. The Morgan fingerprint density at radius 1 is 1.30 bits per heavy atom. The SMILES string of the molecule is COc1cc(C(=O)NC2CN3CCC2CC3)nc2ccccc12. The maximum atomic E-state index is 12.7. The van der Waals surface area contributed by atoms with Gasteiger partial charge in [0.15, 0.2) is 0 Å². The molecule has 0 saturated carbocycles. The maximum absolute atomic E-state index is 12.7. The molecule has 3 aliphatic heterocycles. The molecular formula is C18H21N3O2. The lowest BCUT2D eigenvalue weighted by atomic mass is 9.84. The van der Waals surface area contributed by atoms with Crippen molar-refractivity contribution in [2.75, 3.05) is 26.7 Å². The number of benzene rings is 1. The number of pyridine rings is 1. The second-order valence-corrected chi connectivity index (χ2v) is 6.44. The molecule has 4 heterocycles. The first kappa shape index (κ1) is 14.5. The van der Waals surface area contributed by atoms with E-state index in [4.69, 9.17) is 4.74 Å². The standard InChI is InChI=1S/C18H21N3O2/c1-23-17-10-15(19-14-5-3-2-4-13(14)17)18(22)20-16-11-21-8-6-12(16)7-9-21/h2-5,10,12,16H,6-9,11H2,1H3,(H,20,22). The van der Waals surface area contributed by atoms with Gasteiger partial charge >= 0.3 is 0 Å². The van der Waals surface area contributed by atoms with E-state index >= 15 is 0 Å². The highest BCUT2D eigenvalue weighted by Gasteiger charge is 2.35. The van der Waals surface area contributed by atoms with Crippen LogP contribution in [0.25, 0.3) is 10.9 Å². The second-order valence-electron chi connectivity index (χ2n) is 6.44. The van der Waals surface area contributed by atoms with E-state index < -0.39 is 0 Å². The van der Waals surface area contributed by atoms with Crippen LogP contribution in [0.1, 0.15) is 23.3 Å². The molecule has 2 aromatic rings. The van der Waals surface area contributed by atoms with Gasteiger partial charge < -0.3 is 15.0 Å². The Labute approximate surface area is 135 Å². The lowest BCUT2D eigenvalue weighted by Gasteiger charge is -2.44. The molecule has 3 fully saturated rings. The topological polar surface area (TPSA) is 54.5 Å². The molecule has 5 nitrogen and oxygen atoms in total. The summed E-state index contributed by atoms with van der Waals surface area (Å²) in [5.74, 6) is 1.19. The van der Waals surface area contributed by atoms with E-state index in [2.05, 4.69) is 15.2 Å². The van der Waals surface area contributed by atoms with Crippen molar-refractivity contribution in [1.82, 2.24) is 15.2 Å². The molecule has 120 valence electrons. The fourth-order valence-electron chi connectivity index (χ4n) is 3.80. The van der Waals surface area contributed by atoms with Gasteiger partial charge in [0.2, 0.25) is 0 Å². The zero-order valence-electron chi connectivity index (χ0n) is 13.3. The summed E-state index contributed by atoms with van der Waals surface area (Å²) in [6.45, 7) is 3.29. The highest BCUT2D eigenvalue weighted by molar-refractivity contribution is 5.97. The molecule has 0 radical (unpaired) electrons. The number of para-hydroxylation sites is 1. The minimum Gasteiger partial charge on any atom is -0.496 e. The molecule has 3 saturated heterocycles. The van der Waals surface area contributed by atoms with Crippen molar-refractivity contribution in [1.29, 1.82) is 0 Å². The number of hydrogen-bond donors (Lipinski definition) is 1. The molecular weight excluding hydrogens is 290 g/mol. The number of carbonyl (C=O) groups excluding carboxylic acids is 1. The number of aromatic nitrogens is 1. The predicted octanol–water partition coefficient (Wildman–Crippen LogP) is 2.07. The third-order valence-corrected chi connectivity index (χ3v) is 5.10. The van der Waals surface area contributed by atoms with Gasteiger partial charge in [-0.05, 0) is 44.0 Å².